The van der Waals surface area contributed by atoms with Crippen LogP contribution in [0.2, 0.25) is 0 Å². The molecule has 0 aliphatic rings. The van der Waals surface area contributed by atoms with Crippen molar-refractivity contribution in [1.29, 1.82) is 0 Å². The third-order valence-corrected chi connectivity index (χ3v) is 4.35. The maximum atomic E-state index is 13.0. The van der Waals surface area contributed by atoms with Gasteiger partial charge in [-0.15, -0.1) is 0 Å². The molecule has 0 fully saturated rings. The summed E-state index contributed by atoms with van der Waals surface area (Å²) in [6, 6.07) is 7.81. The molecule has 1 aromatic carbocycles. The Labute approximate surface area is 150 Å². The van der Waals surface area contributed by atoms with Gasteiger partial charge < -0.3 is 10.1 Å². The van der Waals surface area contributed by atoms with Gasteiger partial charge in [-0.3, -0.25) is 9.78 Å². The molecular formula is C21H28N2O2. The number of rotatable bonds is 7. The van der Waals surface area contributed by atoms with E-state index in [2.05, 4.69) is 24.1 Å². The molecule has 4 nitrogen and oxygen atoms in total. The Morgan fingerprint density at radius 3 is 2.56 bits per heavy atom. The molecular weight excluding hydrogens is 312 g/mol. The lowest BCUT2D eigenvalue weighted by molar-refractivity contribution is 0.102. The van der Waals surface area contributed by atoms with Crippen LogP contribution in [-0.4, -0.2) is 17.5 Å². The van der Waals surface area contributed by atoms with Gasteiger partial charge in [0.15, 0.2) is 0 Å². The second-order valence-electron chi connectivity index (χ2n) is 6.19. The van der Waals surface area contributed by atoms with Crippen LogP contribution in [0.15, 0.2) is 24.3 Å². The van der Waals surface area contributed by atoms with E-state index in [4.69, 9.17) is 4.74 Å². The monoisotopic (exact) mass is 340 g/mol. The van der Waals surface area contributed by atoms with Crippen LogP contribution in [0.4, 0.5) is 5.69 Å². The van der Waals surface area contributed by atoms with Gasteiger partial charge in [0.2, 0.25) is 0 Å². The number of benzene rings is 1. The van der Waals surface area contributed by atoms with Gasteiger partial charge in [0.25, 0.3) is 5.91 Å². The van der Waals surface area contributed by atoms with Gasteiger partial charge in [0.1, 0.15) is 11.3 Å². The number of amides is 1. The number of nitrogens with zero attached hydrogens (tertiary/aromatic N) is 1. The van der Waals surface area contributed by atoms with Gasteiger partial charge in [-0.1, -0.05) is 32.9 Å². The molecule has 0 atom stereocenters. The zero-order valence-electron chi connectivity index (χ0n) is 15.9. The number of hydrogen-bond acceptors (Lipinski definition) is 3. The average molecular weight is 340 g/mol. The fourth-order valence-electron chi connectivity index (χ4n) is 2.70. The molecule has 0 saturated heterocycles. The Hall–Kier alpha value is -2.36. The third kappa shape index (κ3) is 4.38. The smallest absolute Gasteiger partial charge is 0.261 e. The molecule has 4 heteroatoms. The first-order valence-corrected chi connectivity index (χ1v) is 9.04. The molecule has 1 N–H and O–H groups in total. The molecule has 0 radical (unpaired) electrons. The number of carbonyl (C=O) groups is 1. The Bertz CT molecular complexity index is 754. The minimum absolute atomic E-state index is 0.160. The minimum atomic E-state index is -0.160. The first-order valence-electron chi connectivity index (χ1n) is 9.04. The maximum Gasteiger partial charge on any atom is 0.261 e. The van der Waals surface area contributed by atoms with Crippen molar-refractivity contribution in [1.82, 2.24) is 4.98 Å². The van der Waals surface area contributed by atoms with Crippen LogP contribution in [0.1, 0.15) is 60.1 Å². The van der Waals surface area contributed by atoms with Crippen LogP contribution >= 0.6 is 0 Å². The van der Waals surface area contributed by atoms with Crippen molar-refractivity contribution in [3.8, 4) is 5.75 Å². The predicted octanol–water partition coefficient (Wildman–Crippen LogP) is 4.86. The van der Waals surface area contributed by atoms with Crippen molar-refractivity contribution in [2.45, 2.75) is 53.9 Å². The molecule has 1 aromatic heterocycles. The number of hydrogen-bond donors (Lipinski definition) is 1. The highest BCUT2D eigenvalue weighted by Gasteiger charge is 2.20. The van der Waals surface area contributed by atoms with Gasteiger partial charge in [-0.05, 0) is 50.3 Å². The fourth-order valence-corrected chi connectivity index (χ4v) is 2.70. The molecule has 0 unspecified atom stereocenters. The van der Waals surface area contributed by atoms with Gasteiger partial charge in [-0.2, -0.15) is 0 Å². The average Bonchev–Trinajstić information content (AvgIpc) is 2.62. The van der Waals surface area contributed by atoms with Gasteiger partial charge in [-0.25, -0.2) is 0 Å². The van der Waals surface area contributed by atoms with Gasteiger partial charge in [0, 0.05) is 17.4 Å². The van der Waals surface area contributed by atoms with E-state index in [1.54, 1.807) is 0 Å². The summed E-state index contributed by atoms with van der Waals surface area (Å²) in [6.07, 6.45) is 2.39. The summed E-state index contributed by atoms with van der Waals surface area (Å²) >= 11 is 0. The highest BCUT2D eigenvalue weighted by Crippen LogP contribution is 2.26. The second-order valence-corrected chi connectivity index (χ2v) is 6.19. The summed E-state index contributed by atoms with van der Waals surface area (Å²) < 4.78 is 5.88. The Morgan fingerprint density at radius 2 is 1.92 bits per heavy atom. The van der Waals surface area contributed by atoms with Crippen molar-refractivity contribution in [3.05, 3.63) is 52.3 Å². The van der Waals surface area contributed by atoms with Crippen molar-refractivity contribution in [2.24, 2.45) is 0 Å². The number of nitrogens with one attached hydrogen (secondary N) is 1. The molecule has 1 amide bonds. The van der Waals surface area contributed by atoms with Crippen LogP contribution in [0.25, 0.3) is 0 Å². The topological polar surface area (TPSA) is 51.2 Å². The number of ether oxygens (including phenoxy) is 1. The molecule has 0 spiro atoms. The van der Waals surface area contributed by atoms with Gasteiger partial charge in [0.05, 0.1) is 12.3 Å². The zero-order valence-corrected chi connectivity index (χ0v) is 15.9. The first kappa shape index (κ1) is 19.0. The summed E-state index contributed by atoms with van der Waals surface area (Å²) in [5.41, 5.74) is 5.33. The molecule has 0 bridgehead atoms. The predicted molar refractivity (Wildman–Crippen MR) is 103 cm³/mol. The van der Waals surface area contributed by atoms with E-state index in [0.717, 1.165) is 41.0 Å². The highest BCUT2D eigenvalue weighted by molar-refractivity contribution is 6.07. The SMILES string of the molecule is CCCOc1cc(CC)nc(CC)c1C(=O)Nc1cccc(C)c1C. The third-order valence-electron chi connectivity index (χ3n) is 4.35. The highest BCUT2D eigenvalue weighted by atomic mass is 16.5. The van der Waals surface area contributed by atoms with E-state index in [-0.39, 0.29) is 5.91 Å². The van der Waals surface area contributed by atoms with Crippen LogP contribution in [0.3, 0.4) is 0 Å². The van der Waals surface area contributed by atoms with E-state index in [1.807, 2.05) is 45.0 Å². The minimum Gasteiger partial charge on any atom is -0.493 e. The molecule has 2 rings (SSSR count). The fraction of sp³-hybridized carbons (Fsp3) is 0.429. The molecule has 134 valence electrons. The van der Waals surface area contributed by atoms with Crippen LogP contribution in [0, 0.1) is 13.8 Å². The largest absolute Gasteiger partial charge is 0.493 e. The standard InChI is InChI=1S/C21H28N2O2/c1-6-12-25-19-13-16(7-2)22-17(8-3)20(19)21(24)23-18-11-9-10-14(4)15(18)5/h9-11,13H,6-8,12H2,1-5H3,(H,23,24). The second kappa shape index (κ2) is 8.65. The summed E-state index contributed by atoms with van der Waals surface area (Å²) in [6.45, 7) is 10.8. The van der Waals surface area contributed by atoms with E-state index in [9.17, 15) is 4.79 Å². The number of aryl methyl sites for hydroxylation is 3. The molecule has 25 heavy (non-hydrogen) atoms. The van der Waals surface area contributed by atoms with Crippen LogP contribution in [0.5, 0.6) is 5.75 Å². The first-order chi connectivity index (χ1) is 12.0. The van der Waals surface area contributed by atoms with Crippen LogP contribution in [-0.2, 0) is 12.8 Å². The van der Waals surface area contributed by atoms with E-state index >= 15 is 0 Å². The summed E-state index contributed by atoms with van der Waals surface area (Å²) in [7, 11) is 0. The number of carbonyl (C=O) groups excluding carboxylic acids is 1. The molecule has 0 aliphatic heterocycles. The number of anilines is 1. The molecule has 0 saturated carbocycles. The normalized spacial score (nSPS) is 10.6. The number of aromatic nitrogens is 1. The molecule has 2 aromatic rings. The Kier molecular flexibility index (Phi) is 6.57. The maximum absolute atomic E-state index is 13.0. The van der Waals surface area contributed by atoms with E-state index < -0.39 is 0 Å². The van der Waals surface area contributed by atoms with Crippen LogP contribution < -0.4 is 10.1 Å². The Balaban J connectivity index is 2.44. The lowest BCUT2D eigenvalue weighted by Gasteiger charge is -2.17. The zero-order chi connectivity index (χ0) is 18.4. The summed E-state index contributed by atoms with van der Waals surface area (Å²) in [4.78, 5) is 17.7. The van der Waals surface area contributed by atoms with Crippen molar-refractivity contribution < 1.29 is 9.53 Å². The van der Waals surface area contributed by atoms with Gasteiger partial charge >= 0.3 is 0 Å². The molecule has 1 heterocycles. The van der Waals surface area contributed by atoms with E-state index in [1.165, 1.54) is 0 Å². The van der Waals surface area contributed by atoms with Crippen molar-refractivity contribution >= 4 is 11.6 Å². The molecule has 0 aliphatic carbocycles. The lowest BCUT2D eigenvalue weighted by Crippen LogP contribution is -2.18. The summed E-state index contributed by atoms with van der Waals surface area (Å²) in [5, 5.41) is 3.04. The number of pyridine rings is 1. The quantitative estimate of drug-likeness (QED) is 0.783. The summed E-state index contributed by atoms with van der Waals surface area (Å²) in [5.74, 6) is 0.472. The Morgan fingerprint density at radius 1 is 1.16 bits per heavy atom. The van der Waals surface area contributed by atoms with Crippen molar-refractivity contribution in [2.75, 3.05) is 11.9 Å². The van der Waals surface area contributed by atoms with Crippen molar-refractivity contribution in [3.63, 3.8) is 0 Å². The lowest BCUT2D eigenvalue weighted by atomic mass is 10.1. The van der Waals surface area contributed by atoms with E-state index in [0.29, 0.717) is 24.3 Å².